The van der Waals surface area contributed by atoms with Gasteiger partial charge in [-0.1, -0.05) is 6.07 Å². The predicted octanol–water partition coefficient (Wildman–Crippen LogP) is 1.03. The Morgan fingerprint density at radius 2 is 2.13 bits per heavy atom. The van der Waals surface area contributed by atoms with Crippen LogP contribution in [0.3, 0.4) is 0 Å². The number of pyridine rings is 1. The first kappa shape index (κ1) is 9.39. The highest BCUT2D eigenvalue weighted by molar-refractivity contribution is 5.30. The maximum absolute atomic E-state index is 5.48. The van der Waals surface area contributed by atoms with Crippen molar-refractivity contribution in [2.24, 2.45) is 0 Å². The molecule has 0 atom stereocenters. The third kappa shape index (κ3) is 2.63. The van der Waals surface area contributed by atoms with Crippen molar-refractivity contribution in [1.29, 1.82) is 0 Å². The maximum atomic E-state index is 5.48. The SMILES string of the molecule is Nc1cc(OCc2ccccn2)ncn1. The minimum atomic E-state index is 0.372. The number of ether oxygens (including phenoxy) is 1. The Balaban J connectivity index is 1.99. The standard InChI is InChI=1S/C10H10N4O/c11-9-5-10(14-7-13-9)15-6-8-3-1-2-4-12-8/h1-5,7H,6H2,(H2,11,13,14). The third-order valence-corrected chi connectivity index (χ3v) is 1.76. The largest absolute Gasteiger partial charge is 0.471 e. The van der Waals surface area contributed by atoms with E-state index in [1.165, 1.54) is 6.33 Å². The fourth-order valence-electron chi connectivity index (χ4n) is 1.06. The molecular formula is C10H10N4O. The monoisotopic (exact) mass is 202 g/mol. The van der Waals surface area contributed by atoms with Gasteiger partial charge in [0.15, 0.2) is 0 Å². The normalized spacial score (nSPS) is 9.87. The second-order valence-corrected chi connectivity index (χ2v) is 2.89. The Hall–Kier alpha value is -2.17. The van der Waals surface area contributed by atoms with E-state index >= 15 is 0 Å². The number of hydrogen-bond acceptors (Lipinski definition) is 5. The zero-order chi connectivity index (χ0) is 10.5. The summed E-state index contributed by atoms with van der Waals surface area (Å²) in [4.78, 5) is 11.8. The molecule has 5 heteroatoms. The van der Waals surface area contributed by atoms with Crippen molar-refractivity contribution in [3.8, 4) is 5.88 Å². The smallest absolute Gasteiger partial charge is 0.218 e. The molecule has 15 heavy (non-hydrogen) atoms. The van der Waals surface area contributed by atoms with E-state index in [1.807, 2.05) is 18.2 Å². The highest BCUT2D eigenvalue weighted by Crippen LogP contribution is 2.09. The van der Waals surface area contributed by atoms with Crippen LogP contribution in [0.4, 0.5) is 5.82 Å². The van der Waals surface area contributed by atoms with Crippen LogP contribution in [0.1, 0.15) is 5.69 Å². The minimum absolute atomic E-state index is 0.372. The van der Waals surface area contributed by atoms with E-state index in [4.69, 9.17) is 10.5 Å². The van der Waals surface area contributed by atoms with E-state index in [1.54, 1.807) is 12.3 Å². The van der Waals surface area contributed by atoms with Gasteiger partial charge in [-0.05, 0) is 12.1 Å². The van der Waals surface area contributed by atoms with Crippen molar-refractivity contribution in [2.75, 3.05) is 5.73 Å². The molecule has 0 unspecified atom stereocenters. The van der Waals surface area contributed by atoms with E-state index in [0.29, 0.717) is 18.3 Å². The lowest BCUT2D eigenvalue weighted by molar-refractivity contribution is 0.289. The first-order chi connectivity index (χ1) is 7.34. The van der Waals surface area contributed by atoms with Crippen molar-refractivity contribution >= 4 is 5.82 Å². The van der Waals surface area contributed by atoms with Gasteiger partial charge < -0.3 is 10.5 Å². The van der Waals surface area contributed by atoms with Gasteiger partial charge in [0.25, 0.3) is 0 Å². The number of aromatic nitrogens is 3. The molecule has 0 amide bonds. The molecule has 2 heterocycles. The molecule has 0 spiro atoms. The van der Waals surface area contributed by atoms with E-state index in [2.05, 4.69) is 15.0 Å². The molecule has 0 aliphatic rings. The van der Waals surface area contributed by atoms with Crippen LogP contribution in [-0.2, 0) is 6.61 Å². The van der Waals surface area contributed by atoms with Gasteiger partial charge in [0, 0.05) is 12.3 Å². The average molecular weight is 202 g/mol. The summed E-state index contributed by atoms with van der Waals surface area (Å²) in [6.07, 6.45) is 3.08. The lowest BCUT2D eigenvalue weighted by atomic mass is 10.4. The van der Waals surface area contributed by atoms with Gasteiger partial charge in [-0.15, -0.1) is 0 Å². The molecule has 76 valence electrons. The van der Waals surface area contributed by atoms with Crippen molar-refractivity contribution in [1.82, 2.24) is 15.0 Å². The molecule has 5 nitrogen and oxygen atoms in total. The summed E-state index contributed by atoms with van der Waals surface area (Å²) in [7, 11) is 0. The van der Waals surface area contributed by atoms with Gasteiger partial charge in [0.2, 0.25) is 5.88 Å². The second-order valence-electron chi connectivity index (χ2n) is 2.89. The van der Waals surface area contributed by atoms with E-state index in [0.717, 1.165) is 5.69 Å². The Labute approximate surface area is 87.0 Å². The summed E-state index contributed by atoms with van der Waals surface area (Å²) in [6.45, 7) is 0.372. The summed E-state index contributed by atoms with van der Waals surface area (Å²) >= 11 is 0. The lowest BCUT2D eigenvalue weighted by Crippen LogP contribution is -2.00. The van der Waals surface area contributed by atoms with Crippen molar-refractivity contribution in [2.45, 2.75) is 6.61 Å². The zero-order valence-corrected chi connectivity index (χ0v) is 8.00. The number of anilines is 1. The average Bonchev–Trinajstić information content (AvgIpc) is 2.28. The van der Waals surface area contributed by atoms with Gasteiger partial charge in [-0.25, -0.2) is 9.97 Å². The summed E-state index contributed by atoms with van der Waals surface area (Å²) < 4.78 is 5.38. The van der Waals surface area contributed by atoms with Gasteiger partial charge >= 0.3 is 0 Å². The number of nitrogens with zero attached hydrogens (tertiary/aromatic N) is 3. The minimum Gasteiger partial charge on any atom is -0.471 e. The molecule has 2 aromatic heterocycles. The fourth-order valence-corrected chi connectivity index (χ4v) is 1.06. The maximum Gasteiger partial charge on any atom is 0.218 e. The van der Waals surface area contributed by atoms with Crippen LogP contribution in [0, 0.1) is 0 Å². The van der Waals surface area contributed by atoms with Crippen molar-refractivity contribution in [3.63, 3.8) is 0 Å². The quantitative estimate of drug-likeness (QED) is 0.804. The van der Waals surface area contributed by atoms with Gasteiger partial charge in [0.1, 0.15) is 18.8 Å². The lowest BCUT2D eigenvalue weighted by Gasteiger charge is -2.03. The van der Waals surface area contributed by atoms with Crippen LogP contribution in [0.2, 0.25) is 0 Å². The fraction of sp³-hybridized carbons (Fsp3) is 0.100. The number of nitrogens with two attached hydrogens (primary N) is 1. The van der Waals surface area contributed by atoms with Crippen LogP contribution in [0.5, 0.6) is 5.88 Å². The first-order valence-corrected chi connectivity index (χ1v) is 4.45. The van der Waals surface area contributed by atoms with Gasteiger partial charge in [-0.2, -0.15) is 0 Å². The van der Waals surface area contributed by atoms with Crippen LogP contribution in [0.25, 0.3) is 0 Å². The van der Waals surface area contributed by atoms with E-state index in [9.17, 15) is 0 Å². The molecule has 2 N–H and O–H groups in total. The molecule has 0 saturated heterocycles. The van der Waals surface area contributed by atoms with E-state index in [-0.39, 0.29) is 0 Å². The molecular weight excluding hydrogens is 192 g/mol. The molecule has 0 aromatic carbocycles. The number of nitrogen functional groups attached to an aromatic ring is 1. The van der Waals surface area contributed by atoms with Gasteiger partial charge in [0.05, 0.1) is 5.69 Å². The summed E-state index contributed by atoms with van der Waals surface area (Å²) in [5.41, 5.74) is 6.32. The van der Waals surface area contributed by atoms with E-state index < -0.39 is 0 Å². The molecule has 2 aromatic rings. The summed E-state index contributed by atoms with van der Waals surface area (Å²) in [6, 6.07) is 7.21. The molecule has 0 bridgehead atoms. The molecule has 0 fully saturated rings. The Morgan fingerprint density at radius 3 is 2.87 bits per heavy atom. The second kappa shape index (κ2) is 4.36. The van der Waals surface area contributed by atoms with Crippen LogP contribution < -0.4 is 10.5 Å². The Kier molecular flexibility index (Phi) is 2.73. The summed E-state index contributed by atoms with van der Waals surface area (Å²) in [5, 5.41) is 0. The molecule has 2 rings (SSSR count). The van der Waals surface area contributed by atoms with Crippen LogP contribution in [0.15, 0.2) is 36.8 Å². The molecule has 0 saturated carbocycles. The molecule has 0 aliphatic heterocycles. The summed E-state index contributed by atoms with van der Waals surface area (Å²) in [5.74, 6) is 0.842. The first-order valence-electron chi connectivity index (χ1n) is 4.45. The highest BCUT2D eigenvalue weighted by atomic mass is 16.5. The Morgan fingerprint density at radius 1 is 1.20 bits per heavy atom. The Bertz CT molecular complexity index is 432. The number of rotatable bonds is 3. The van der Waals surface area contributed by atoms with Crippen LogP contribution >= 0.6 is 0 Å². The van der Waals surface area contributed by atoms with Crippen LogP contribution in [-0.4, -0.2) is 15.0 Å². The zero-order valence-electron chi connectivity index (χ0n) is 8.00. The van der Waals surface area contributed by atoms with Crippen molar-refractivity contribution in [3.05, 3.63) is 42.5 Å². The third-order valence-electron chi connectivity index (χ3n) is 1.76. The van der Waals surface area contributed by atoms with Crippen molar-refractivity contribution < 1.29 is 4.74 Å². The molecule has 0 aliphatic carbocycles. The highest BCUT2D eigenvalue weighted by Gasteiger charge is 1.98. The topological polar surface area (TPSA) is 73.9 Å². The molecule has 0 radical (unpaired) electrons. The number of hydrogen-bond donors (Lipinski definition) is 1. The van der Waals surface area contributed by atoms with Gasteiger partial charge in [-0.3, -0.25) is 4.98 Å². The predicted molar refractivity (Wildman–Crippen MR) is 55.0 cm³/mol.